The largest absolute Gasteiger partial charge is 0.368 e. The van der Waals surface area contributed by atoms with Gasteiger partial charge in [-0.1, -0.05) is 175 Å². The lowest BCUT2D eigenvalue weighted by Crippen LogP contribution is -2.12. The van der Waals surface area contributed by atoms with Crippen molar-refractivity contribution in [2.24, 2.45) is 5.92 Å². The second-order valence-corrected chi connectivity index (χ2v) is 11.8. The van der Waals surface area contributed by atoms with Crippen LogP contribution in [0.15, 0.2) is 0 Å². The Balaban J connectivity index is 3.14. The van der Waals surface area contributed by atoms with Gasteiger partial charge in [0, 0.05) is 6.61 Å². The number of rotatable bonds is 30. The van der Waals surface area contributed by atoms with Crippen molar-refractivity contribution in [3.8, 4) is 0 Å². The van der Waals surface area contributed by atoms with Crippen molar-refractivity contribution in [2.45, 2.75) is 200 Å². The molecule has 0 fully saturated rings. The van der Waals surface area contributed by atoms with Crippen molar-refractivity contribution in [1.82, 2.24) is 0 Å². The van der Waals surface area contributed by atoms with Crippen molar-refractivity contribution in [3.05, 3.63) is 0 Å². The normalized spacial score (nSPS) is 12.6. The summed E-state index contributed by atoms with van der Waals surface area (Å²) in [6.45, 7) is 7.68. The second-order valence-electron chi connectivity index (χ2n) is 11.8. The van der Waals surface area contributed by atoms with Crippen molar-refractivity contribution < 1.29 is 9.84 Å². The maximum absolute atomic E-state index is 10.0. The van der Waals surface area contributed by atoms with Crippen LogP contribution in [0.2, 0.25) is 0 Å². The Morgan fingerprint density at radius 1 is 0.429 bits per heavy atom. The van der Waals surface area contributed by atoms with E-state index in [1.165, 1.54) is 154 Å². The lowest BCUT2D eigenvalue weighted by atomic mass is 10.0. The second kappa shape index (κ2) is 30.1. The van der Waals surface area contributed by atoms with Crippen molar-refractivity contribution in [3.63, 3.8) is 0 Å². The Morgan fingerprint density at radius 3 is 1.11 bits per heavy atom. The zero-order valence-electron chi connectivity index (χ0n) is 24.8. The van der Waals surface area contributed by atoms with Crippen molar-refractivity contribution >= 4 is 0 Å². The summed E-state index contributed by atoms with van der Waals surface area (Å²) < 4.78 is 5.62. The molecule has 1 atom stereocenters. The van der Waals surface area contributed by atoms with Gasteiger partial charge in [-0.3, -0.25) is 0 Å². The van der Waals surface area contributed by atoms with Crippen LogP contribution in [0.5, 0.6) is 0 Å². The van der Waals surface area contributed by atoms with E-state index in [0.29, 0.717) is 0 Å². The Kier molecular flexibility index (Phi) is 30.1. The zero-order valence-corrected chi connectivity index (χ0v) is 24.8. The highest BCUT2D eigenvalue weighted by Crippen LogP contribution is 2.15. The minimum absolute atomic E-state index is 0.534. The number of aliphatic hydroxyl groups is 1. The highest BCUT2D eigenvalue weighted by Gasteiger charge is 2.04. The average molecular weight is 497 g/mol. The van der Waals surface area contributed by atoms with Crippen LogP contribution in [0.3, 0.4) is 0 Å². The van der Waals surface area contributed by atoms with E-state index in [0.717, 1.165) is 31.8 Å². The highest BCUT2D eigenvalue weighted by molar-refractivity contribution is 4.52. The predicted molar refractivity (Wildman–Crippen MR) is 157 cm³/mol. The molecule has 0 aromatic carbocycles. The van der Waals surface area contributed by atoms with Crippen LogP contribution in [0.1, 0.15) is 194 Å². The van der Waals surface area contributed by atoms with E-state index < -0.39 is 6.29 Å². The van der Waals surface area contributed by atoms with Gasteiger partial charge in [0.1, 0.15) is 0 Å². The lowest BCUT2D eigenvalue weighted by Gasteiger charge is -2.12. The number of ether oxygens (including phenoxy) is 1. The number of hydrogen-bond acceptors (Lipinski definition) is 2. The quantitative estimate of drug-likeness (QED) is 0.0791. The standard InChI is InChI=1S/C33H68O2/c1-4-5-6-7-8-9-10-11-15-18-21-24-27-30-33(34)35-31-28-25-22-19-16-13-12-14-17-20-23-26-29-32(2)3/h32-34H,4-31H2,1-3H3. The summed E-state index contributed by atoms with van der Waals surface area (Å²) in [6, 6.07) is 0. The Labute approximate surface area is 222 Å². The van der Waals surface area contributed by atoms with E-state index >= 15 is 0 Å². The summed E-state index contributed by atoms with van der Waals surface area (Å²) in [7, 11) is 0. The first-order valence-electron chi connectivity index (χ1n) is 16.5. The van der Waals surface area contributed by atoms with Gasteiger partial charge in [0.2, 0.25) is 0 Å². The first-order valence-corrected chi connectivity index (χ1v) is 16.5. The smallest absolute Gasteiger partial charge is 0.154 e. The van der Waals surface area contributed by atoms with Crippen LogP contribution >= 0.6 is 0 Å². The van der Waals surface area contributed by atoms with Gasteiger partial charge in [-0.2, -0.15) is 0 Å². The fourth-order valence-corrected chi connectivity index (χ4v) is 5.06. The molecular weight excluding hydrogens is 428 g/mol. The Morgan fingerprint density at radius 2 is 0.743 bits per heavy atom. The maximum atomic E-state index is 10.0. The van der Waals surface area contributed by atoms with E-state index in [9.17, 15) is 5.11 Å². The molecule has 2 heteroatoms. The molecule has 0 aromatic rings. The van der Waals surface area contributed by atoms with Gasteiger partial charge in [-0.05, 0) is 25.2 Å². The predicted octanol–water partition coefficient (Wildman–Crippen LogP) is 11.5. The van der Waals surface area contributed by atoms with Gasteiger partial charge in [0.15, 0.2) is 6.29 Å². The molecule has 0 saturated carbocycles. The summed E-state index contributed by atoms with van der Waals surface area (Å²) in [5.74, 6) is 0.876. The molecule has 1 N–H and O–H groups in total. The molecule has 1 unspecified atom stereocenters. The van der Waals surface area contributed by atoms with Crippen LogP contribution in [0.25, 0.3) is 0 Å². The Hall–Kier alpha value is -0.0800. The molecule has 0 aromatic heterocycles. The lowest BCUT2D eigenvalue weighted by molar-refractivity contribution is -0.105. The third-order valence-corrected chi connectivity index (χ3v) is 7.54. The summed E-state index contributed by atoms with van der Waals surface area (Å²) in [4.78, 5) is 0. The third kappa shape index (κ3) is 31.9. The number of hydrogen-bond donors (Lipinski definition) is 1. The van der Waals surface area contributed by atoms with Gasteiger partial charge in [-0.25, -0.2) is 0 Å². The molecule has 2 nitrogen and oxygen atoms in total. The molecule has 0 amide bonds. The summed E-state index contributed by atoms with van der Waals surface area (Å²) in [5, 5.41) is 10.0. The van der Waals surface area contributed by atoms with E-state index in [-0.39, 0.29) is 0 Å². The van der Waals surface area contributed by atoms with Gasteiger partial charge < -0.3 is 9.84 Å². The first-order chi connectivity index (χ1) is 17.2. The van der Waals surface area contributed by atoms with E-state index in [4.69, 9.17) is 4.74 Å². The molecule has 0 aliphatic carbocycles. The molecule has 0 saturated heterocycles. The summed E-state index contributed by atoms with van der Waals surface area (Å²) in [6.07, 6.45) is 36.0. The summed E-state index contributed by atoms with van der Waals surface area (Å²) in [5.41, 5.74) is 0. The van der Waals surface area contributed by atoms with Gasteiger partial charge in [0.05, 0.1) is 0 Å². The van der Waals surface area contributed by atoms with Crippen LogP contribution in [0, 0.1) is 5.92 Å². The van der Waals surface area contributed by atoms with Gasteiger partial charge in [-0.15, -0.1) is 0 Å². The fourth-order valence-electron chi connectivity index (χ4n) is 5.06. The first kappa shape index (κ1) is 34.9. The third-order valence-electron chi connectivity index (χ3n) is 7.54. The molecular formula is C33H68O2. The van der Waals surface area contributed by atoms with Crippen LogP contribution < -0.4 is 0 Å². The van der Waals surface area contributed by atoms with Gasteiger partial charge >= 0.3 is 0 Å². The molecule has 0 radical (unpaired) electrons. The summed E-state index contributed by atoms with van der Waals surface area (Å²) >= 11 is 0. The van der Waals surface area contributed by atoms with E-state index in [1.807, 2.05) is 0 Å². The van der Waals surface area contributed by atoms with Crippen LogP contribution in [-0.2, 0) is 4.74 Å². The van der Waals surface area contributed by atoms with Gasteiger partial charge in [0.25, 0.3) is 0 Å². The van der Waals surface area contributed by atoms with Crippen molar-refractivity contribution in [1.29, 1.82) is 0 Å². The fraction of sp³-hybridized carbons (Fsp3) is 1.00. The number of aliphatic hydroxyl groups excluding tert-OH is 1. The molecule has 212 valence electrons. The topological polar surface area (TPSA) is 29.5 Å². The monoisotopic (exact) mass is 497 g/mol. The molecule has 0 aliphatic rings. The number of unbranched alkanes of at least 4 members (excludes halogenated alkanes) is 23. The molecule has 0 heterocycles. The maximum Gasteiger partial charge on any atom is 0.154 e. The zero-order chi connectivity index (χ0) is 25.7. The Bertz CT molecular complexity index is 368. The molecule has 0 rings (SSSR count). The molecule has 35 heavy (non-hydrogen) atoms. The molecule has 0 aliphatic heterocycles. The van der Waals surface area contributed by atoms with Crippen LogP contribution in [-0.4, -0.2) is 18.0 Å². The average Bonchev–Trinajstić information content (AvgIpc) is 2.84. The minimum atomic E-state index is -0.534. The molecule has 0 spiro atoms. The highest BCUT2D eigenvalue weighted by atomic mass is 16.6. The van der Waals surface area contributed by atoms with E-state index in [2.05, 4.69) is 20.8 Å². The van der Waals surface area contributed by atoms with Crippen LogP contribution in [0.4, 0.5) is 0 Å². The minimum Gasteiger partial charge on any atom is -0.368 e. The SMILES string of the molecule is CCCCCCCCCCCCCCCC(O)OCCCCCCCCCCCCCCC(C)C. The van der Waals surface area contributed by atoms with Crippen molar-refractivity contribution in [2.75, 3.05) is 6.61 Å². The molecule has 0 bridgehead atoms. The van der Waals surface area contributed by atoms with E-state index in [1.54, 1.807) is 0 Å².